The van der Waals surface area contributed by atoms with Gasteiger partial charge in [0.1, 0.15) is 11.4 Å². The van der Waals surface area contributed by atoms with E-state index in [2.05, 4.69) is 15.2 Å². The van der Waals surface area contributed by atoms with Crippen molar-refractivity contribution in [2.45, 2.75) is 6.18 Å². The topological polar surface area (TPSA) is 84.9 Å². The Morgan fingerprint density at radius 1 is 1.05 bits per heavy atom. The van der Waals surface area contributed by atoms with Gasteiger partial charge < -0.3 is 10.8 Å². The average Bonchev–Trinajstić information content (AvgIpc) is 2.47. The number of nitrogen functional groups attached to an aromatic ring is 1. The first-order valence-electron chi connectivity index (χ1n) is 6.14. The fourth-order valence-electron chi connectivity index (χ4n) is 2.12. The molecule has 0 fully saturated rings. The maximum atomic E-state index is 12.6. The molecular formula is C14H9F3N4O. The largest absolute Gasteiger partial charge is 0.507 e. The number of fused-ring (bicyclic) bond motifs is 1. The molecule has 0 aliphatic carbocycles. The first-order chi connectivity index (χ1) is 10.4. The molecule has 0 atom stereocenters. The molecule has 0 saturated heterocycles. The van der Waals surface area contributed by atoms with Crippen LogP contribution in [0, 0.1) is 0 Å². The summed E-state index contributed by atoms with van der Waals surface area (Å²) >= 11 is 0. The molecule has 0 aliphatic rings. The Morgan fingerprint density at radius 2 is 1.82 bits per heavy atom. The molecule has 0 bridgehead atoms. The van der Waals surface area contributed by atoms with E-state index in [1.54, 1.807) is 6.07 Å². The molecule has 0 aliphatic heterocycles. The predicted molar refractivity (Wildman–Crippen MR) is 73.8 cm³/mol. The summed E-state index contributed by atoms with van der Waals surface area (Å²) in [6.45, 7) is 0. The second-order valence-electron chi connectivity index (χ2n) is 4.58. The Morgan fingerprint density at radius 3 is 2.50 bits per heavy atom. The molecule has 5 nitrogen and oxygen atoms in total. The minimum absolute atomic E-state index is 0.136. The normalized spacial score (nSPS) is 11.8. The number of nitrogens with two attached hydrogens (primary N) is 1. The highest BCUT2D eigenvalue weighted by molar-refractivity contribution is 5.99. The molecule has 3 rings (SSSR count). The second-order valence-corrected chi connectivity index (χ2v) is 4.58. The summed E-state index contributed by atoms with van der Waals surface area (Å²) in [5.74, 6) is -0.384. The van der Waals surface area contributed by atoms with Crippen LogP contribution in [0.3, 0.4) is 0 Å². The van der Waals surface area contributed by atoms with Gasteiger partial charge in [-0.1, -0.05) is 0 Å². The highest BCUT2D eigenvalue weighted by Gasteiger charge is 2.31. The van der Waals surface area contributed by atoms with Crippen molar-refractivity contribution in [3.8, 4) is 17.0 Å². The SMILES string of the molecule is Nc1nnc(-c2ccc(C(F)(F)F)cc2O)c2ccncc12. The molecule has 0 spiro atoms. The van der Waals surface area contributed by atoms with Crippen molar-refractivity contribution < 1.29 is 18.3 Å². The van der Waals surface area contributed by atoms with Crippen LogP contribution in [0.5, 0.6) is 5.75 Å². The van der Waals surface area contributed by atoms with Crippen LogP contribution in [-0.4, -0.2) is 20.3 Å². The monoisotopic (exact) mass is 306 g/mol. The van der Waals surface area contributed by atoms with Gasteiger partial charge in [-0.05, 0) is 24.3 Å². The molecule has 0 unspecified atom stereocenters. The number of aromatic hydroxyl groups is 1. The molecule has 2 heterocycles. The molecule has 0 saturated carbocycles. The summed E-state index contributed by atoms with van der Waals surface area (Å²) in [6.07, 6.45) is -1.56. The van der Waals surface area contributed by atoms with Crippen LogP contribution >= 0.6 is 0 Å². The van der Waals surface area contributed by atoms with Crippen LogP contribution in [-0.2, 0) is 6.18 Å². The number of nitrogens with zero attached hydrogens (tertiary/aromatic N) is 3. The molecule has 22 heavy (non-hydrogen) atoms. The van der Waals surface area contributed by atoms with Gasteiger partial charge in [-0.2, -0.15) is 13.2 Å². The van der Waals surface area contributed by atoms with Crippen LogP contribution in [0.4, 0.5) is 19.0 Å². The van der Waals surface area contributed by atoms with E-state index >= 15 is 0 Å². The molecule has 8 heteroatoms. The number of benzene rings is 1. The lowest BCUT2D eigenvalue weighted by atomic mass is 10.0. The first-order valence-corrected chi connectivity index (χ1v) is 6.14. The zero-order valence-corrected chi connectivity index (χ0v) is 11.0. The van der Waals surface area contributed by atoms with Crippen molar-refractivity contribution in [3.63, 3.8) is 0 Å². The van der Waals surface area contributed by atoms with E-state index in [-0.39, 0.29) is 17.1 Å². The van der Waals surface area contributed by atoms with Crippen LogP contribution in [0.25, 0.3) is 22.0 Å². The maximum Gasteiger partial charge on any atom is 0.416 e. The Balaban J connectivity index is 2.23. The van der Waals surface area contributed by atoms with Gasteiger partial charge in [0.25, 0.3) is 0 Å². The zero-order chi connectivity index (χ0) is 15.9. The number of hydrogen-bond acceptors (Lipinski definition) is 5. The van der Waals surface area contributed by atoms with Crippen molar-refractivity contribution in [2.24, 2.45) is 0 Å². The molecular weight excluding hydrogens is 297 g/mol. The highest BCUT2D eigenvalue weighted by atomic mass is 19.4. The fourth-order valence-corrected chi connectivity index (χ4v) is 2.12. The standard InChI is InChI=1S/C14H9F3N4O/c15-14(16,17)7-1-2-9(11(22)5-7)12-8-3-4-19-6-10(8)13(18)21-20-12/h1-6,22H,(H2,18,21). The van der Waals surface area contributed by atoms with Gasteiger partial charge in [0.05, 0.1) is 5.56 Å². The summed E-state index contributed by atoms with van der Waals surface area (Å²) in [7, 11) is 0. The number of phenols is 1. The van der Waals surface area contributed by atoms with Crippen LogP contribution < -0.4 is 5.73 Å². The van der Waals surface area contributed by atoms with Gasteiger partial charge in [-0.25, -0.2) is 0 Å². The minimum Gasteiger partial charge on any atom is -0.507 e. The van der Waals surface area contributed by atoms with Crippen LogP contribution in [0.2, 0.25) is 0 Å². The summed E-state index contributed by atoms with van der Waals surface area (Å²) in [5.41, 5.74) is 5.13. The number of aromatic nitrogens is 3. The van der Waals surface area contributed by atoms with Crippen molar-refractivity contribution in [3.05, 3.63) is 42.2 Å². The Bertz CT molecular complexity index is 864. The molecule has 2 aromatic heterocycles. The van der Waals surface area contributed by atoms with Gasteiger partial charge >= 0.3 is 6.18 Å². The number of alkyl halides is 3. The van der Waals surface area contributed by atoms with Crippen molar-refractivity contribution >= 4 is 16.6 Å². The second kappa shape index (κ2) is 4.83. The van der Waals surface area contributed by atoms with E-state index < -0.39 is 17.5 Å². The number of halogens is 3. The quantitative estimate of drug-likeness (QED) is 0.722. The van der Waals surface area contributed by atoms with Crippen molar-refractivity contribution in [2.75, 3.05) is 5.73 Å². The summed E-state index contributed by atoms with van der Waals surface area (Å²) < 4.78 is 37.9. The zero-order valence-electron chi connectivity index (χ0n) is 11.0. The Kier molecular flexibility index (Phi) is 3.09. The van der Waals surface area contributed by atoms with Crippen molar-refractivity contribution in [1.82, 2.24) is 15.2 Å². The van der Waals surface area contributed by atoms with E-state index in [9.17, 15) is 18.3 Å². The van der Waals surface area contributed by atoms with Crippen LogP contribution in [0.1, 0.15) is 5.56 Å². The third kappa shape index (κ3) is 2.28. The number of phenolic OH excluding ortho intramolecular Hbond substituents is 1. The number of rotatable bonds is 1. The van der Waals surface area contributed by atoms with E-state index in [0.717, 1.165) is 12.1 Å². The van der Waals surface area contributed by atoms with Gasteiger partial charge in [0.2, 0.25) is 0 Å². The smallest absolute Gasteiger partial charge is 0.416 e. The molecule has 1 aromatic carbocycles. The fraction of sp³-hybridized carbons (Fsp3) is 0.0714. The van der Waals surface area contributed by atoms with E-state index in [0.29, 0.717) is 16.8 Å². The Labute approximate surface area is 122 Å². The van der Waals surface area contributed by atoms with Crippen molar-refractivity contribution in [1.29, 1.82) is 0 Å². The van der Waals surface area contributed by atoms with E-state index in [1.165, 1.54) is 12.4 Å². The lowest BCUT2D eigenvalue weighted by Crippen LogP contribution is -2.04. The lowest BCUT2D eigenvalue weighted by molar-refractivity contribution is -0.137. The summed E-state index contributed by atoms with van der Waals surface area (Å²) in [6, 6.07) is 4.28. The lowest BCUT2D eigenvalue weighted by Gasteiger charge is -2.11. The maximum absolute atomic E-state index is 12.6. The van der Waals surface area contributed by atoms with Crippen LogP contribution in [0.15, 0.2) is 36.7 Å². The summed E-state index contributed by atoms with van der Waals surface area (Å²) in [5, 5.41) is 18.6. The molecule has 3 aromatic rings. The molecule has 3 N–H and O–H groups in total. The molecule has 0 amide bonds. The first kappa shape index (κ1) is 14.1. The van der Waals surface area contributed by atoms with Gasteiger partial charge in [0.15, 0.2) is 5.82 Å². The summed E-state index contributed by atoms with van der Waals surface area (Å²) in [4.78, 5) is 3.92. The third-order valence-corrected chi connectivity index (χ3v) is 3.19. The van der Waals surface area contributed by atoms with E-state index in [1.807, 2.05) is 0 Å². The number of anilines is 1. The minimum atomic E-state index is -4.53. The molecule has 0 radical (unpaired) electrons. The molecule has 112 valence electrons. The van der Waals surface area contributed by atoms with Gasteiger partial charge in [-0.15, -0.1) is 10.2 Å². The average molecular weight is 306 g/mol. The highest BCUT2D eigenvalue weighted by Crippen LogP contribution is 2.38. The third-order valence-electron chi connectivity index (χ3n) is 3.19. The van der Waals surface area contributed by atoms with E-state index in [4.69, 9.17) is 5.73 Å². The Hall–Kier alpha value is -2.90. The predicted octanol–water partition coefficient (Wildman–Crippen LogP) is 3.00. The van der Waals surface area contributed by atoms with Gasteiger partial charge in [0, 0.05) is 28.7 Å². The van der Waals surface area contributed by atoms with Gasteiger partial charge in [-0.3, -0.25) is 4.98 Å². The number of pyridine rings is 1. The number of hydrogen-bond donors (Lipinski definition) is 2.